The first-order valence-corrected chi connectivity index (χ1v) is 4.14. The molecular formula is C8H18N2O2. The van der Waals surface area contributed by atoms with Crippen LogP contribution in [0.5, 0.6) is 0 Å². The normalized spacial score (nSPS) is 11.3. The Balaban J connectivity index is 3.68. The second kappa shape index (κ2) is 5.11. The van der Waals surface area contributed by atoms with Crippen LogP contribution in [0, 0.1) is 0 Å². The standard InChI is InChI=1S/C8H18N2O2/c1-8(2,6-11)10-7(12)4-3-5-9/h11H,3-6,9H2,1-2H3,(H,10,12). The predicted octanol–water partition coefficient (Wildman–Crippen LogP) is -0.388. The molecule has 0 aliphatic carbocycles. The van der Waals surface area contributed by atoms with Gasteiger partial charge in [-0.25, -0.2) is 0 Å². The van der Waals surface area contributed by atoms with Crippen molar-refractivity contribution in [3.05, 3.63) is 0 Å². The molecule has 0 heterocycles. The fourth-order valence-electron chi connectivity index (χ4n) is 0.742. The third kappa shape index (κ3) is 5.09. The van der Waals surface area contributed by atoms with Crippen LogP contribution in [0.2, 0.25) is 0 Å². The van der Waals surface area contributed by atoms with Gasteiger partial charge in [-0.3, -0.25) is 4.79 Å². The zero-order valence-corrected chi connectivity index (χ0v) is 7.76. The van der Waals surface area contributed by atoms with Crippen molar-refractivity contribution in [1.82, 2.24) is 5.32 Å². The van der Waals surface area contributed by atoms with E-state index in [1.54, 1.807) is 13.8 Å². The van der Waals surface area contributed by atoms with Crippen molar-refractivity contribution >= 4 is 5.91 Å². The number of aliphatic hydroxyl groups excluding tert-OH is 1. The molecule has 0 fully saturated rings. The third-order valence-electron chi connectivity index (χ3n) is 1.48. The number of amides is 1. The van der Waals surface area contributed by atoms with Gasteiger partial charge in [0.25, 0.3) is 0 Å². The Bertz CT molecular complexity index is 146. The second-order valence-corrected chi connectivity index (χ2v) is 3.48. The highest BCUT2D eigenvalue weighted by atomic mass is 16.3. The molecule has 4 N–H and O–H groups in total. The molecule has 0 bridgehead atoms. The van der Waals surface area contributed by atoms with E-state index >= 15 is 0 Å². The minimum atomic E-state index is -0.522. The molecule has 72 valence electrons. The smallest absolute Gasteiger partial charge is 0.220 e. The van der Waals surface area contributed by atoms with Crippen LogP contribution in [-0.4, -0.2) is 29.7 Å². The van der Waals surface area contributed by atoms with Gasteiger partial charge in [0, 0.05) is 6.42 Å². The summed E-state index contributed by atoms with van der Waals surface area (Å²) in [6.07, 6.45) is 1.12. The molecule has 0 spiro atoms. The summed E-state index contributed by atoms with van der Waals surface area (Å²) in [5, 5.41) is 11.5. The minimum Gasteiger partial charge on any atom is -0.394 e. The number of aliphatic hydroxyl groups is 1. The quantitative estimate of drug-likeness (QED) is 0.531. The summed E-state index contributed by atoms with van der Waals surface area (Å²) < 4.78 is 0. The average molecular weight is 174 g/mol. The molecule has 12 heavy (non-hydrogen) atoms. The summed E-state index contributed by atoms with van der Waals surface area (Å²) in [6.45, 7) is 4.01. The predicted molar refractivity (Wildman–Crippen MR) is 47.6 cm³/mol. The molecule has 0 aromatic carbocycles. The van der Waals surface area contributed by atoms with Crippen LogP contribution in [0.4, 0.5) is 0 Å². The molecule has 0 saturated heterocycles. The molecule has 4 nitrogen and oxygen atoms in total. The zero-order valence-electron chi connectivity index (χ0n) is 7.76. The summed E-state index contributed by atoms with van der Waals surface area (Å²) in [5.41, 5.74) is 4.72. The lowest BCUT2D eigenvalue weighted by molar-refractivity contribution is -0.123. The molecule has 0 aromatic heterocycles. The first-order chi connectivity index (χ1) is 5.52. The molecule has 0 aliphatic rings. The van der Waals surface area contributed by atoms with Gasteiger partial charge in [0.05, 0.1) is 12.1 Å². The van der Waals surface area contributed by atoms with Crippen molar-refractivity contribution in [3.8, 4) is 0 Å². The Kier molecular flexibility index (Phi) is 4.85. The first kappa shape index (κ1) is 11.4. The Morgan fingerprint density at radius 3 is 2.58 bits per heavy atom. The van der Waals surface area contributed by atoms with Gasteiger partial charge in [-0.05, 0) is 26.8 Å². The maximum absolute atomic E-state index is 11.1. The van der Waals surface area contributed by atoms with Crippen LogP contribution in [0.1, 0.15) is 26.7 Å². The summed E-state index contributed by atoms with van der Waals surface area (Å²) in [4.78, 5) is 11.1. The van der Waals surface area contributed by atoms with Crippen molar-refractivity contribution in [2.24, 2.45) is 5.73 Å². The average Bonchev–Trinajstić information content (AvgIpc) is 2.00. The molecule has 0 aliphatic heterocycles. The number of carbonyl (C=O) groups is 1. The van der Waals surface area contributed by atoms with Crippen molar-refractivity contribution in [2.45, 2.75) is 32.2 Å². The monoisotopic (exact) mass is 174 g/mol. The van der Waals surface area contributed by atoms with E-state index in [-0.39, 0.29) is 12.5 Å². The molecule has 0 saturated carbocycles. The van der Waals surface area contributed by atoms with Crippen LogP contribution >= 0.6 is 0 Å². The third-order valence-corrected chi connectivity index (χ3v) is 1.48. The molecule has 4 heteroatoms. The number of hydrogen-bond acceptors (Lipinski definition) is 3. The van der Waals surface area contributed by atoms with E-state index < -0.39 is 5.54 Å². The van der Waals surface area contributed by atoms with E-state index in [9.17, 15) is 4.79 Å². The van der Waals surface area contributed by atoms with Crippen LogP contribution in [0.3, 0.4) is 0 Å². The highest BCUT2D eigenvalue weighted by Gasteiger charge is 2.18. The molecule has 0 unspecified atom stereocenters. The van der Waals surface area contributed by atoms with Crippen LogP contribution < -0.4 is 11.1 Å². The van der Waals surface area contributed by atoms with Gasteiger partial charge in [-0.15, -0.1) is 0 Å². The second-order valence-electron chi connectivity index (χ2n) is 3.48. The van der Waals surface area contributed by atoms with E-state index in [1.165, 1.54) is 0 Å². The van der Waals surface area contributed by atoms with Gasteiger partial charge in [0.1, 0.15) is 0 Å². The molecular weight excluding hydrogens is 156 g/mol. The summed E-state index contributed by atoms with van der Waals surface area (Å²) in [6, 6.07) is 0. The Morgan fingerprint density at radius 2 is 2.17 bits per heavy atom. The van der Waals surface area contributed by atoms with E-state index in [0.717, 1.165) is 0 Å². The molecule has 0 radical (unpaired) electrons. The minimum absolute atomic E-state index is 0.0542. The largest absolute Gasteiger partial charge is 0.394 e. The maximum Gasteiger partial charge on any atom is 0.220 e. The Hall–Kier alpha value is -0.610. The number of nitrogens with one attached hydrogen (secondary N) is 1. The lowest BCUT2D eigenvalue weighted by atomic mass is 10.1. The fourth-order valence-corrected chi connectivity index (χ4v) is 0.742. The number of hydrogen-bond donors (Lipinski definition) is 3. The van der Waals surface area contributed by atoms with Crippen molar-refractivity contribution in [3.63, 3.8) is 0 Å². The van der Waals surface area contributed by atoms with Gasteiger partial charge in [0.2, 0.25) is 5.91 Å². The molecule has 0 atom stereocenters. The summed E-state index contributed by atoms with van der Waals surface area (Å²) in [5.74, 6) is -0.0560. The van der Waals surface area contributed by atoms with Crippen molar-refractivity contribution in [2.75, 3.05) is 13.2 Å². The van der Waals surface area contributed by atoms with Crippen LogP contribution in [0.15, 0.2) is 0 Å². The fraction of sp³-hybridized carbons (Fsp3) is 0.875. The summed E-state index contributed by atoms with van der Waals surface area (Å²) >= 11 is 0. The maximum atomic E-state index is 11.1. The van der Waals surface area contributed by atoms with E-state index in [1.807, 2.05) is 0 Å². The first-order valence-electron chi connectivity index (χ1n) is 4.14. The van der Waals surface area contributed by atoms with Gasteiger partial charge in [0.15, 0.2) is 0 Å². The Morgan fingerprint density at radius 1 is 1.58 bits per heavy atom. The van der Waals surface area contributed by atoms with Crippen LogP contribution in [0.25, 0.3) is 0 Å². The zero-order chi connectivity index (χ0) is 9.61. The number of rotatable bonds is 5. The van der Waals surface area contributed by atoms with E-state index in [4.69, 9.17) is 10.8 Å². The topological polar surface area (TPSA) is 75.3 Å². The van der Waals surface area contributed by atoms with Gasteiger partial charge < -0.3 is 16.2 Å². The lowest BCUT2D eigenvalue weighted by Crippen LogP contribution is -2.46. The van der Waals surface area contributed by atoms with E-state index in [2.05, 4.69) is 5.32 Å². The summed E-state index contributed by atoms with van der Waals surface area (Å²) in [7, 11) is 0. The van der Waals surface area contributed by atoms with Gasteiger partial charge in [-0.1, -0.05) is 0 Å². The molecule has 1 amide bonds. The van der Waals surface area contributed by atoms with Crippen molar-refractivity contribution < 1.29 is 9.90 Å². The van der Waals surface area contributed by atoms with E-state index in [0.29, 0.717) is 19.4 Å². The highest BCUT2D eigenvalue weighted by molar-refractivity contribution is 5.76. The van der Waals surface area contributed by atoms with Crippen LogP contribution in [-0.2, 0) is 4.79 Å². The SMILES string of the molecule is CC(C)(CO)NC(=O)CCCN. The highest BCUT2D eigenvalue weighted by Crippen LogP contribution is 2.00. The number of nitrogens with two attached hydrogens (primary N) is 1. The Labute approximate surface area is 73.1 Å². The number of carbonyl (C=O) groups excluding carboxylic acids is 1. The van der Waals surface area contributed by atoms with Gasteiger partial charge in [-0.2, -0.15) is 0 Å². The molecule has 0 rings (SSSR count). The lowest BCUT2D eigenvalue weighted by Gasteiger charge is -2.23. The van der Waals surface area contributed by atoms with Crippen molar-refractivity contribution in [1.29, 1.82) is 0 Å². The molecule has 0 aromatic rings. The van der Waals surface area contributed by atoms with Gasteiger partial charge >= 0.3 is 0 Å².